The van der Waals surface area contributed by atoms with Crippen LogP contribution in [0.5, 0.6) is 0 Å². The first-order valence-corrected chi connectivity index (χ1v) is 30.3. The van der Waals surface area contributed by atoms with E-state index in [-0.39, 0.29) is 19.5 Å². The van der Waals surface area contributed by atoms with Gasteiger partial charge in [0.1, 0.15) is 6.29 Å². The average Bonchev–Trinajstić information content (AvgIpc) is 3.19. The van der Waals surface area contributed by atoms with Gasteiger partial charge in [-0.25, -0.2) is 0 Å². The highest BCUT2D eigenvalue weighted by atomic mass is 33.1. The number of rotatable bonds is 49. The molecule has 0 heterocycles. The summed E-state index contributed by atoms with van der Waals surface area (Å²) >= 11 is 0. The highest BCUT2D eigenvalue weighted by Gasteiger charge is 2.29. The largest absolute Gasteiger partial charge is 0.395 e. The van der Waals surface area contributed by atoms with E-state index in [2.05, 4.69) is 60.4 Å². The summed E-state index contributed by atoms with van der Waals surface area (Å²) in [6.45, 7) is 15.3. The molecule has 0 aromatic heterocycles. The molecule has 0 amide bonds. The molecular formula is C48H101NO5S2Si. The van der Waals surface area contributed by atoms with Crippen LogP contribution in [0.25, 0.3) is 0 Å². The van der Waals surface area contributed by atoms with Crippen molar-refractivity contribution in [2.24, 2.45) is 0 Å². The highest BCUT2D eigenvalue weighted by molar-refractivity contribution is 8.76. The van der Waals surface area contributed by atoms with Gasteiger partial charge >= 0.3 is 8.56 Å². The summed E-state index contributed by atoms with van der Waals surface area (Å²) in [5, 5.41) is 19.1. The zero-order valence-corrected chi connectivity index (χ0v) is 41.7. The van der Waals surface area contributed by atoms with Crippen LogP contribution >= 0.6 is 21.6 Å². The van der Waals surface area contributed by atoms with Crippen molar-refractivity contribution >= 4 is 30.1 Å². The van der Waals surface area contributed by atoms with E-state index >= 15 is 0 Å². The molecule has 0 aliphatic heterocycles. The fourth-order valence-corrected chi connectivity index (χ4v) is 11.8. The lowest BCUT2D eigenvalue weighted by Gasteiger charge is -2.30. The quantitative estimate of drug-likeness (QED) is 0.0271. The van der Waals surface area contributed by atoms with Gasteiger partial charge in [0, 0.05) is 30.7 Å². The fourth-order valence-electron chi connectivity index (χ4n) is 7.55. The van der Waals surface area contributed by atoms with Crippen LogP contribution in [0.3, 0.4) is 0 Å². The molecule has 0 saturated heterocycles. The Bertz CT molecular complexity index is 764. The second-order valence-electron chi connectivity index (χ2n) is 17.4. The van der Waals surface area contributed by atoms with Gasteiger partial charge < -0.3 is 23.8 Å². The Morgan fingerprint density at radius 2 is 0.912 bits per heavy atom. The van der Waals surface area contributed by atoms with Crippen molar-refractivity contribution in [1.82, 2.24) is 4.90 Å². The van der Waals surface area contributed by atoms with Gasteiger partial charge in [-0.1, -0.05) is 216 Å². The van der Waals surface area contributed by atoms with Crippen molar-refractivity contribution in [1.29, 1.82) is 0 Å². The van der Waals surface area contributed by atoms with Gasteiger partial charge in [-0.15, -0.1) is 0 Å². The minimum atomic E-state index is -2.35. The number of hydrogen-bond acceptors (Lipinski definition) is 8. The van der Waals surface area contributed by atoms with E-state index in [1.807, 2.05) is 0 Å². The third-order valence-electron chi connectivity index (χ3n) is 11.2. The number of aliphatic hydroxyl groups is 2. The fraction of sp³-hybridized carbons (Fsp3) is 1.00. The standard InChI is InChI=1S/C48H101NO5S2Si/c1-6-9-12-15-18-20-21-22-23-24-25-28-33-38-48(54-57(4,5)53-44-35-30-29-34-39-49(40-42-50)41-43-51)52-46-47(37-32-27-17-14-11-8-3)56-55-45-36-31-26-19-16-13-10-7-2/h47-48,50-51H,6-46H2,1-5H3. The van der Waals surface area contributed by atoms with Gasteiger partial charge in [0.25, 0.3) is 0 Å². The van der Waals surface area contributed by atoms with Crippen LogP contribution in [0.2, 0.25) is 13.1 Å². The molecule has 0 aromatic rings. The van der Waals surface area contributed by atoms with Crippen molar-refractivity contribution in [2.45, 2.75) is 257 Å². The SMILES string of the molecule is CCCCCCCCCCCCCCCC(OCC(CCCCCCCC)SSCCCCCCCCCC)O[Si](C)(C)OCCCCCCN(CCO)CCO. The summed E-state index contributed by atoms with van der Waals surface area (Å²) < 4.78 is 20.1. The zero-order chi connectivity index (χ0) is 41.8. The Labute approximate surface area is 366 Å². The van der Waals surface area contributed by atoms with Crippen molar-refractivity contribution in [3.05, 3.63) is 0 Å². The molecule has 0 saturated carbocycles. The molecule has 0 aromatic carbocycles. The second-order valence-corrected chi connectivity index (χ2v) is 23.5. The first kappa shape index (κ1) is 57.7. The summed E-state index contributed by atoms with van der Waals surface area (Å²) in [4.78, 5) is 2.14. The topological polar surface area (TPSA) is 71.4 Å². The molecular weight excluding hydrogens is 763 g/mol. The number of hydrogen-bond donors (Lipinski definition) is 2. The van der Waals surface area contributed by atoms with Crippen LogP contribution in [-0.4, -0.2) is 87.0 Å². The number of aliphatic hydroxyl groups excluding tert-OH is 2. The van der Waals surface area contributed by atoms with E-state index < -0.39 is 8.56 Å². The molecule has 0 aliphatic rings. The Kier molecular flexibility index (Phi) is 46.7. The highest BCUT2D eigenvalue weighted by Crippen LogP contribution is 2.32. The monoisotopic (exact) mass is 864 g/mol. The molecule has 2 N–H and O–H groups in total. The van der Waals surface area contributed by atoms with Gasteiger partial charge in [-0.3, -0.25) is 4.90 Å². The molecule has 0 spiro atoms. The van der Waals surface area contributed by atoms with Crippen LogP contribution in [0, 0.1) is 0 Å². The Balaban J connectivity index is 4.96. The molecule has 0 bridgehead atoms. The molecule has 57 heavy (non-hydrogen) atoms. The third kappa shape index (κ3) is 43.1. The average molecular weight is 865 g/mol. The van der Waals surface area contributed by atoms with Gasteiger partial charge in [0.15, 0.2) is 0 Å². The lowest BCUT2D eigenvalue weighted by molar-refractivity contribution is -0.103. The maximum absolute atomic E-state index is 9.27. The summed E-state index contributed by atoms with van der Waals surface area (Å²) in [5.41, 5.74) is 0. The van der Waals surface area contributed by atoms with Gasteiger partial charge in [-0.05, 0) is 58.2 Å². The predicted octanol–water partition coefficient (Wildman–Crippen LogP) is 15.0. The van der Waals surface area contributed by atoms with Gasteiger partial charge in [0.05, 0.1) is 19.8 Å². The molecule has 9 heteroatoms. The van der Waals surface area contributed by atoms with Gasteiger partial charge in [0.2, 0.25) is 0 Å². The summed E-state index contributed by atoms with van der Waals surface area (Å²) in [5.74, 6) is 1.25. The Morgan fingerprint density at radius 3 is 1.40 bits per heavy atom. The van der Waals surface area contributed by atoms with Crippen LogP contribution in [0.4, 0.5) is 0 Å². The van der Waals surface area contributed by atoms with Crippen molar-refractivity contribution in [3.8, 4) is 0 Å². The lowest BCUT2D eigenvalue weighted by atomic mass is 10.0. The first-order valence-electron chi connectivity index (χ1n) is 25.1. The van der Waals surface area contributed by atoms with Crippen LogP contribution in [-0.2, 0) is 13.6 Å². The smallest absolute Gasteiger partial charge is 0.333 e. The van der Waals surface area contributed by atoms with Crippen LogP contribution < -0.4 is 0 Å². The molecule has 2 unspecified atom stereocenters. The van der Waals surface area contributed by atoms with Crippen molar-refractivity contribution in [3.63, 3.8) is 0 Å². The Hall–Kier alpha value is 0.677. The normalized spacial score (nSPS) is 13.3. The van der Waals surface area contributed by atoms with Crippen molar-refractivity contribution < 1.29 is 23.8 Å². The van der Waals surface area contributed by atoms with E-state index in [1.165, 1.54) is 186 Å². The summed E-state index contributed by atoms with van der Waals surface area (Å²) in [7, 11) is 1.83. The maximum atomic E-state index is 9.27. The molecule has 0 aliphatic carbocycles. The number of unbranched alkanes of at least 4 members (excludes halogenated alkanes) is 27. The van der Waals surface area contributed by atoms with E-state index in [9.17, 15) is 10.2 Å². The minimum absolute atomic E-state index is 0.147. The summed E-state index contributed by atoms with van der Waals surface area (Å²) in [6, 6.07) is 0. The third-order valence-corrected chi connectivity index (χ3v) is 15.9. The molecule has 0 fully saturated rings. The number of ether oxygens (including phenoxy) is 1. The Morgan fingerprint density at radius 1 is 0.491 bits per heavy atom. The second kappa shape index (κ2) is 46.2. The van der Waals surface area contributed by atoms with E-state index in [0.717, 1.165) is 51.9 Å². The molecule has 0 rings (SSSR count). The maximum Gasteiger partial charge on any atom is 0.333 e. The van der Waals surface area contributed by atoms with E-state index in [4.69, 9.17) is 13.6 Å². The zero-order valence-electron chi connectivity index (χ0n) is 39.0. The first-order chi connectivity index (χ1) is 27.9. The van der Waals surface area contributed by atoms with Crippen molar-refractivity contribution in [2.75, 3.05) is 51.8 Å². The minimum Gasteiger partial charge on any atom is -0.395 e. The molecule has 0 radical (unpaired) electrons. The predicted molar refractivity (Wildman–Crippen MR) is 258 cm³/mol. The molecule has 344 valence electrons. The number of nitrogens with zero attached hydrogens (tertiary/aromatic N) is 1. The lowest BCUT2D eigenvalue weighted by Crippen LogP contribution is -2.41. The van der Waals surface area contributed by atoms with Crippen LogP contribution in [0.15, 0.2) is 0 Å². The van der Waals surface area contributed by atoms with Gasteiger partial charge in [-0.2, -0.15) is 0 Å². The summed E-state index contributed by atoms with van der Waals surface area (Å²) in [6.07, 6.45) is 43.3. The van der Waals surface area contributed by atoms with Crippen LogP contribution in [0.1, 0.15) is 233 Å². The van der Waals surface area contributed by atoms with E-state index in [0.29, 0.717) is 18.3 Å². The van der Waals surface area contributed by atoms with E-state index in [1.54, 1.807) is 0 Å². The molecule has 6 nitrogen and oxygen atoms in total. The molecule has 2 atom stereocenters.